The van der Waals surface area contributed by atoms with Gasteiger partial charge in [0.2, 0.25) is 5.91 Å². The lowest BCUT2D eigenvalue weighted by atomic mass is 9.89. The lowest BCUT2D eigenvalue weighted by Gasteiger charge is -2.35. The van der Waals surface area contributed by atoms with Gasteiger partial charge in [-0.15, -0.1) is 0 Å². The number of hydrogen-bond acceptors (Lipinski definition) is 3. The first kappa shape index (κ1) is 12.5. The molecule has 0 bridgehead atoms. The third kappa shape index (κ3) is 3.80. The summed E-state index contributed by atoms with van der Waals surface area (Å²) < 4.78 is 5.45. The van der Waals surface area contributed by atoms with Crippen LogP contribution in [0.5, 0.6) is 0 Å². The number of amides is 1. The molecule has 88 valence electrons. The van der Waals surface area contributed by atoms with E-state index in [0.29, 0.717) is 18.7 Å². The minimum Gasteiger partial charge on any atom is -0.378 e. The molecule has 15 heavy (non-hydrogen) atoms. The summed E-state index contributed by atoms with van der Waals surface area (Å²) in [5.41, 5.74) is 0. The van der Waals surface area contributed by atoms with E-state index in [0.717, 1.165) is 26.0 Å². The quantitative estimate of drug-likeness (QED) is 0.705. The monoisotopic (exact) mass is 214 g/mol. The maximum Gasteiger partial charge on any atom is 0.236 e. The maximum atomic E-state index is 11.5. The van der Waals surface area contributed by atoms with Gasteiger partial charge >= 0.3 is 0 Å². The Morgan fingerprint density at radius 3 is 2.67 bits per heavy atom. The van der Waals surface area contributed by atoms with Crippen molar-refractivity contribution in [2.75, 3.05) is 26.7 Å². The van der Waals surface area contributed by atoms with E-state index in [-0.39, 0.29) is 5.91 Å². The van der Waals surface area contributed by atoms with Gasteiger partial charge in [0.25, 0.3) is 0 Å². The Morgan fingerprint density at radius 2 is 2.13 bits per heavy atom. The molecule has 1 aliphatic rings. The van der Waals surface area contributed by atoms with Crippen molar-refractivity contribution in [3.8, 4) is 0 Å². The molecule has 0 aromatic carbocycles. The van der Waals surface area contributed by atoms with Crippen LogP contribution < -0.4 is 5.32 Å². The second kappa shape index (κ2) is 6.08. The van der Waals surface area contributed by atoms with Crippen molar-refractivity contribution >= 4 is 5.91 Å². The SMILES string of the molecule is CCOC1CC(NCC(=O)N(C)CC)C1. The van der Waals surface area contributed by atoms with Crippen LogP contribution in [-0.4, -0.2) is 49.7 Å². The second-order valence-electron chi connectivity index (χ2n) is 4.03. The summed E-state index contributed by atoms with van der Waals surface area (Å²) in [6, 6.07) is 0.468. The van der Waals surface area contributed by atoms with Crippen LogP contribution in [0.15, 0.2) is 0 Å². The van der Waals surface area contributed by atoms with E-state index in [1.165, 1.54) is 0 Å². The largest absolute Gasteiger partial charge is 0.378 e. The Labute approximate surface area is 92.0 Å². The first-order valence-corrected chi connectivity index (χ1v) is 5.76. The number of carbonyl (C=O) groups is 1. The fourth-order valence-corrected chi connectivity index (χ4v) is 1.65. The van der Waals surface area contributed by atoms with Crippen LogP contribution in [0.2, 0.25) is 0 Å². The average molecular weight is 214 g/mol. The van der Waals surface area contributed by atoms with Crippen molar-refractivity contribution in [2.45, 2.75) is 38.8 Å². The van der Waals surface area contributed by atoms with Crippen molar-refractivity contribution in [2.24, 2.45) is 0 Å². The smallest absolute Gasteiger partial charge is 0.236 e. The minimum absolute atomic E-state index is 0.164. The Bertz CT molecular complexity index is 203. The van der Waals surface area contributed by atoms with E-state index in [1.807, 2.05) is 20.9 Å². The van der Waals surface area contributed by atoms with E-state index in [9.17, 15) is 4.79 Å². The molecule has 0 aliphatic heterocycles. The van der Waals surface area contributed by atoms with E-state index < -0.39 is 0 Å². The molecule has 0 aromatic heterocycles. The fourth-order valence-electron chi connectivity index (χ4n) is 1.65. The highest BCUT2D eigenvalue weighted by Crippen LogP contribution is 2.22. The summed E-state index contributed by atoms with van der Waals surface area (Å²) in [7, 11) is 1.83. The molecule has 1 fully saturated rings. The van der Waals surface area contributed by atoms with Crippen molar-refractivity contribution < 1.29 is 9.53 Å². The molecule has 0 saturated heterocycles. The molecule has 1 aliphatic carbocycles. The number of ether oxygens (including phenoxy) is 1. The Morgan fingerprint density at radius 1 is 1.47 bits per heavy atom. The number of likely N-dealkylation sites (N-methyl/N-ethyl adjacent to an activating group) is 1. The minimum atomic E-state index is 0.164. The molecule has 0 atom stereocenters. The van der Waals surface area contributed by atoms with Gasteiger partial charge in [-0.05, 0) is 26.7 Å². The van der Waals surface area contributed by atoms with E-state index >= 15 is 0 Å². The third-order valence-electron chi connectivity index (χ3n) is 2.94. The molecule has 1 saturated carbocycles. The second-order valence-corrected chi connectivity index (χ2v) is 4.03. The highest BCUT2D eigenvalue weighted by atomic mass is 16.5. The highest BCUT2D eigenvalue weighted by Gasteiger charge is 2.29. The highest BCUT2D eigenvalue weighted by molar-refractivity contribution is 5.77. The Hall–Kier alpha value is -0.610. The lowest BCUT2D eigenvalue weighted by Crippen LogP contribution is -2.48. The van der Waals surface area contributed by atoms with Crippen molar-refractivity contribution in [3.05, 3.63) is 0 Å². The summed E-state index contributed by atoms with van der Waals surface area (Å²) in [6.45, 7) is 6.00. The van der Waals surface area contributed by atoms with Gasteiger partial charge in [0, 0.05) is 26.2 Å². The number of hydrogen-bond donors (Lipinski definition) is 1. The van der Waals surface area contributed by atoms with Gasteiger partial charge in [-0.2, -0.15) is 0 Å². The molecular weight excluding hydrogens is 192 g/mol. The number of carbonyl (C=O) groups excluding carboxylic acids is 1. The van der Waals surface area contributed by atoms with Gasteiger partial charge in [0.05, 0.1) is 12.6 Å². The molecule has 0 heterocycles. The number of nitrogens with one attached hydrogen (secondary N) is 1. The average Bonchev–Trinajstić information content (AvgIpc) is 2.19. The molecule has 1 amide bonds. The lowest BCUT2D eigenvalue weighted by molar-refractivity contribution is -0.129. The predicted molar refractivity (Wildman–Crippen MR) is 59.7 cm³/mol. The molecule has 0 spiro atoms. The molecule has 4 nitrogen and oxygen atoms in total. The zero-order valence-electron chi connectivity index (χ0n) is 9.95. The van der Waals surface area contributed by atoms with Gasteiger partial charge in [-0.3, -0.25) is 4.79 Å². The standard InChI is InChI=1S/C11H22N2O2/c1-4-13(3)11(14)8-12-9-6-10(7-9)15-5-2/h9-10,12H,4-8H2,1-3H3. The summed E-state index contributed by atoms with van der Waals surface area (Å²) in [5, 5.41) is 3.25. The van der Waals surface area contributed by atoms with Crippen molar-refractivity contribution in [1.29, 1.82) is 0 Å². The van der Waals surface area contributed by atoms with E-state index in [1.54, 1.807) is 4.90 Å². The van der Waals surface area contributed by atoms with Crippen molar-refractivity contribution in [3.63, 3.8) is 0 Å². The van der Waals surface area contributed by atoms with Gasteiger partial charge in [-0.25, -0.2) is 0 Å². The third-order valence-corrected chi connectivity index (χ3v) is 2.94. The van der Waals surface area contributed by atoms with Crippen LogP contribution in [-0.2, 0) is 9.53 Å². The normalized spacial score (nSPS) is 24.7. The van der Waals surface area contributed by atoms with Crippen LogP contribution in [0.4, 0.5) is 0 Å². The zero-order valence-corrected chi connectivity index (χ0v) is 9.95. The molecule has 1 rings (SSSR count). The maximum absolute atomic E-state index is 11.5. The van der Waals surface area contributed by atoms with E-state index in [2.05, 4.69) is 5.32 Å². The fraction of sp³-hybridized carbons (Fsp3) is 0.909. The zero-order chi connectivity index (χ0) is 11.3. The topological polar surface area (TPSA) is 41.6 Å². The first-order chi connectivity index (χ1) is 7.17. The predicted octanol–water partition coefficient (Wildman–Crippen LogP) is 0.622. The van der Waals surface area contributed by atoms with Gasteiger partial charge in [-0.1, -0.05) is 0 Å². The van der Waals surface area contributed by atoms with Gasteiger partial charge in [0.1, 0.15) is 0 Å². The van der Waals surface area contributed by atoms with Crippen LogP contribution in [0.25, 0.3) is 0 Å². The summed E-state index contributed by atoms with van der Waals surface area (Å²) in [4.78, 5) is 13.2. The molecule has 0 aromatic rings. The van der Waals surface area contributed by atoms with Crippen LogP contribution in [0, 0.1) is 0 Å². The van der Waals surface area contributed by atoms with Gasteiger partial charge < -0.3 is 15.0 Å². The molecule has 4 heteroatoms. The molecule has 1 N–H and O–H groups in total. The Kier molecular flexibility index (Phi) is 5.05. The molecular formula is C11H22N2O2. The van der Waals surface area contributed by atoms with Crippen LogP contribution >= 0.6 is 0 Å². The van der Waals surface area contributed by atoms with E-state index in [4.69, 9.17) is 4.74 Å². The first-order valence-electron chi connectivity index (χ1n) is 5.76. The Balaban J connectivity index is 2.05. The molecule has 0 radical (unpaired) electrons. The van der Waals surface area contributed by atoms with Gasteiger partial charge in [0.15, 0.2) is 0 Å². The summed E-state index contributed by atoms with van der Waals surface area (Å²) in [5.74, 6) is 0.164. The van der Waals surface area contributed by atoms with Crippen LogP contribution in [0.1, 0.15) is 26.7 Å². The summed E-state index contributed by atoms with van der Waals surface area (Å²) >= 11 is 0. The summed E-state index contributed by atoms with van der Waals surface area (Å²) in [6.07, 6.45) is 2.49. The number of nitrogens with zero attached hydrogens (tertiary/aromatic N) is 1. The van der Waals surface area contributed by atoms with Crippen LogP contribution in [0.3, 0.4) is 0 Å². The van der Waals surface area contributed by atoms with Crippen molar-refractivity contribution in [1.82, 2.24) is 10.2 Å². The number of rotatable bonds is 6. The molecule has 0 unspecified atom stereocenters.